The highest BCUT2D eigenvalue weighted by Gasteiger charge is 2.21. The molecule has 3 heterocycles. The molecule has 53 heavy (non-hydrogen) atoms. The Morgan fingerprint density at radius 3 is 2.08 bits per heavy atom. The molecule has 11 rings (SSSR count). The molecule has 0 saturated heterocycles. The molecule has 0 saturated carbocycles. The topological polar surface area (TPSA) is 34.2 Å². The lowest BCUT2D eigenvalue weighted by atomic mass is 10.0. The Bertz CT molecular complexity index is 2940. The summed E-state index contributed by atoms with van der Waals surface area (Å²) in [5.74, 6) is 0.809. The molecule has 2 aliphatic carbocycles. The van der Waals surface area contributed by atoms with E-state index in [4.69, 9.17) is 4.42 Å². The molecule has 6 aromatic carbocycles. The highest BCUT2D eigenvalue weighted by atomic mass is 16.3. The summed E-state index contributed by atoms with van der Waals surface area (Å²) in [6.07, 6.45) is 10.8. The Balaban J connectivity index is 1.07. The Morgan fingerprint density at radius 2 is 1.30 bits per heavy atom. The number of aromatic nitrogens is 2. The van der Waals surface area contributed by atoms with Crippen LogP contribution in [0.1, 0.15) is 18.4 Å². The second-order valence-corrected chi connectivity index (χ2v) is 14.0. The highest BCUT2D eigenvalue weighted by Crippen LogP contribution is 2.43. The molecule has 0 atom stereocenters. The Hall–Kier alpha value is -6.91. The fourth-order valence-corrected chi connectivity index (χ4v) is 8.29. The standard InChI is InChI=1S/C49H33N3O/c1-2-12-39(13-3-1)52-46-24-23-42(30-44(46)43-28-36-8-4-5-9-37(36)29-47(43)52)51(40-19-15-32(16-20-40)38-26-34-10-6-11-35(34)27-38)41-21-17-33(18-22-41)49-31-45-48(53-49)14-7-25-50-45/h1-10,12-25,27-31H,11,26H2. The fraction of sp³-hybridized carbons (Fsp3) is 0.0408. The fourth-order valence-electron chi connectivity index (χ4n) is 8.29. The Kier molecular flexibility index (Phi) is 6.65. The molecule has 0 aliphatic heterocycles. The molecule has 2 aliphatic rings. The second-order valence-electron chi connectivity index (χ2n) is 14.0. The summed E-state index contributed by atoms with van der Waals surface area (Å²) in [4.78, 5) is 6.84. The third-order valence-electron chi connectivity index (χ3n) is 10.9. The first-order chi connectivity index (χ1) is 26.2. The second kappa shape index (κ2) is 11.8. The number of anilines is 3. The van der Waals surface area contributed by atoms with E-state index in [0.717, 1.165) is 58.0 Å². The van der Waals surface area contributed by atoms with Gasteiger partial charge in [-0.25, -0.2) is 0 Å². The largest absolute Gasteiger partial charge is 0.454 e. The van der Waals surface area contributed by atoms with Gasteiger partial charge in [-0.05, 0) is 137 Å². The molecule has 0 fully saturated rings. The minimum atomic E-state index is 0.790. The molecule has 3 aromatic heterocycles. The van der Waals surface area contributed by atoms with E-state index in [1.165, 1.54) is 54.9 Å². The number of allylic oxidation sites excluding steroid dienone is 6. The quantitative estimate of drug-likeness (QED) is 0.175. The molecule has 4 nitrogen and oxygen atoms in total. The van der Waals surface area contributed by atoms with Crippen molar-refractivity contribution in [1.29, 1.82) is 0 Å². The van der Waals surface area contributed by atoms with Crippen LogP contribution in [0.5, 0.6) is 0 Å². The van der Waals surface area contributed by atoms with Crippen LogP contribution in [0.2, 0.25) is 0 Å². The lowest BCUT2D eigenvalue weighted by molar-refractivity contribution is 0.631. The number of nitrogens with zero attached hydrogens (tertiary/aromatic N) is 3. The van der Waals surface area contributed by atoms with E-state index in [-0.39, 0.29) is 0 Å². The first kappa shape index (κ1) is 29.8. The summed E-state index contributed by atoms with van der Waals surface area (Å²) in [5, 5.41) is 4.91. The van der Waals surface area contributed by atoms with Crippen molar-refractivity contribution in [2.45, 2.75) is 12.8 Å². The van der Waals surface area contributed by atoms with E-state index in [9.17, 15) is 0 Å². The molecule has 4 heteroatoms. The van der Waals surface area contributed by atoms with Crippen LogP contribution in [0.4, 0.5) is 17.1 Å². The third kappa shape index (κ3) is 4.95. The van der Waals surface area contributed by atoms with Gasteiger partial charge in [-0.2, -0.15) is 0 Å². The first-order valence-corrected chi connectivity index (χ1v) is 18.2. The van der Waals surface area contributed by atoms with Crippen molar-refractivity contribution in [3.8, 4) is 17.0 Å². The van der Waals surface area contributed by atoms with E-state index < -0.39 is 0 Å². The minimum Gasteiger partial charge on any atom is -0.454 e. The zero-order chi connectivity index (χ0) is 34.9. The number of fused-ring (bicyclic) bond motifs is 5. The summed E-state index contributed by atoms with van der Waals surface area (Å²) < 4.78 is 8.58. The zero-order valence-corrected chi connectivity index (χ0v) is 28.9. The van der Waals surface area contributed by atoms with Gasteiger partial charge in [0.25, 0.3) is 0 Å². The zero-order valence-electron chi connectivity index (χ0n) is 28.9. The van der Waals surface area contributed by atoms with E-state index in [2.05, 4.69) is 166 Å². The molecule has 0 unspecified atom stereocenters. The number of para-hydroxylation sites is 1. The maximum atomic E-state index is 6.18. The summed E-state index contributed by atoms with van der Waals surface area (Å²) in [7, 11) is 0. The van der Waals surface area contributed by atoms with Gasteiger partial charge in [0.15, 0.2) is 5.58 Å². The van der Waals surface area contributed by atoms with Crippen molar-refractivity contribution >= 4 is 66.3 Å². The SMILES string of the molecule is C1=CC2=C(C=C(c3ccc(N(c4ccc(-c5cc6ncccc6o5)cc4)c4ccc5c(c4)c4cc6ccccc6cc4n5-c4ccccc4)cc3)C2)C1. The summed E-state index contributed by atoms with van der Waals surface area (Å²) in [6, 6.07) is 54.5. The molecule has 9 aromatic rings. The lowest BCUT2D eigenvalue weighted by Gasteiger charge is -2.26. The first-order valence-electron chi connectivity index (χ1n) is 18.2. The number of pyridine rings is 1. The highest BCUT2D eigenvalue weighted by molar-refractivity contribution is 6.14. The van der Waals surface area contributed by atoms with Crippen molar-refractivity contribution < 1.29 is 4.42 Å². The maximum Gasteiger partial charge on any atom is 0.153 e. The van der Waals surface area contributed by atoms with Crippen molar-refractivity contribution in [1.82, 2.24) is 9.55 Å². The van der Waals surface area contributed by atoms with E-state index >= 15 is 0 Å². The van der Waals surface area contributed by atoms with E-state index in [1.807, 2.05) is 18.2 Å². The van der Waals surface area contributed by atoms with Crippen LogP contribution in [0.3, 0.4) is 0 Å². The van der Waals surface area contributed by atoms with Crippen molar-refractivity contribution in [3.63, 3.8) is 0 Å². The number of benzene rings is 6. The molecule has 0 radical (unpaired) electrons. The van der Waals surface area contributed by atoms with Crippen molar-refractivity contribution in [2.75, 3.05) is 4.90 Å². The molecule has 0 bridgehead atoms. The molecule has 0 spiro atoms. The van der Waals surface area contributed by atoms with Crippen molar-refractivity contribution in [3.05, 3.63) is 193 Å². The summed E-state index contributed by atoms with van der Waals surface area (Å²) in [5.41, 5.74) is 15.0. The van der Waals surface area contributed by atoms with Crippen LogP contribution in [0.25, 0.3) is 66.3 Å². The molecule has 250 valence electrons. The molecule has 0 amide bonds. The Labute approximate surface area is 306 Å². The van der Waals surface area contributed by atoms with Crippen LogP contribution in [-0.2, 0) is 0 Å². The average Bonchev–Trinajstić information content (AvgIpc) is 4.00. The average molecular weight is 680 g/mol. The van der Waals surface area contributed by atoms with Gasteiger partial charge in [0.2, 0.25) is 0 Å². The van der Waals surface area contributed by atoms with Gasteiger partial charge in [-0.1, -0.05) is 72.8 Å². The number of furan rings is 1. The van der Waals surface area contributed by atoms with Gasteiger partial charge < -0.3 is 13.9 Å². The van der Waals surface area contributed by atoms with Crippen LogP contribution in [-0.4, -0.2) is 9.55 Å². The van der Waals surface area contributed by atoms with Gasteiger partial charge in [-0.3, -0.25) is 4.98 Å². The van der Waals surface area contributed by atoms with E-state index in [1.54, 1.807) is 6.20 Å². The van der Waals surface area contributed by atoms with Crippen LogP contribution < -0.4 is 4.90 Å². The molecular formula is C49H33N3O. The molecule has 0 N–H and O–H groups in total. The predicted molar refractivity (Wildman–Crippen MR) is 219 cm³/mol. The van der Waals surface area contributed by atoms with Gasteiger partial charge in [0.05, 0.1) is 11.0 Å². The third-order valence-corrected chi connectivity index (χ3v) is 10.9. The van der Waals surface area contributed by atoms with Crippen molar-refractivity contribution in [2.24, 2.45) is 0 Å². The number of hydrogen-bond donors (Lipinski definition) is 0. The predicted octanol–water partition coefficient (Wildman–Crippen LogP) is 13.3. The van der Waals surface area contributed by atoms with Gasteiger partial charge >= 0.3 is 0 Å². The van der Waals surface area contributed by atoms with Gasteiger partial charge in [-0.15, -0.1) is 0 Å². The number of hydrogen-bond acceptors (Lipinski definition) is 3. The number of rotatable bonds is 6. The van der Waals surface area contributed by atoms with Crippen LogP contribution >= 0.6 is 0 Å². The van der Waals surface area contributed by atoms with Gasteiger partial charge in [0, 0.05) is 51.3 Å². The maximum absolute atomic E-state index is 6.18. The van der Waals surface area contributed by atoms with Gasteiger partial charge in [0.1, 0.15) is 11.3 Å². The smallest absolute Gasteiger partial charge is 0.153 e. The Morgan fingerprint density at radius 1 is 0.585 bits per heavy atom. The normalized spacial score (nSPS) is 13.8. The van der Waals surface area contributed by atoms with E-state index in [0.29, 0.717) is 0 Å². The summed E-state index contributed by atoms with van der Waals surface area (Å²) >= 11 is 0. The summed E-state index contributed by atoms with van der Waals surface area (Å²) in [6.45, 7) is 0. The lowest BCUT2D eigenvalue weighted by Crippen LogP contribution is -2.10. The monoisotopic (exact) mass is 679 g/mol. The van der Waals surface area contributed by atoms with Crippen LogP contribution in [0.15, 0.2) is 192 Å². The van der Waals surface area contributed by atoms with Crippen LogP contribution in [0, 0.1) is 0 Å². The molecular weight excluding hydrogens is 647 g/mol. The minimum absolute atomic E-state index is 0.790.